The minimum Gasteiger partial charge on any atom is -0.465 e. The SMILES string of the molecule is CCC(CCCCO)COC(=O)c1ccccc1C(=O)OC. The second-order valence-electron chi connectivity index (χ2n) is 5.13. The molecule has 5 nitrogen and oxygen atoms in total. The lowest BCUT2D eigenvalue weighted by atomic mass is 10.0. The summed E-state index contributed by atoms with van der Waals surface area (Å²) in [6.45, 7) is 2.54. The maximum Gasteiger partial charge on any atom is 0.339 e. The van der Waals surface area contributed by atoms with Gasteiger partial charge in [-0.2, -0.15) is 0 Å². The van der Waals surface area contributed by atoms with Gasteiger partial charge < -0.3 is 14.6 Å². The number of aliphatic hydroxyl groups is 1. The van der Waals surface area contributed by atoms with Crippen molar-refractivity contribution in [2.45, 2.75) is 32.6 Å². The molecular weight excluding hydrogens is 284 g/mol. The highest BCUT2D eigenvalue weighted by atomic mass is 16.5. The molecule has 0 fully saturated rings. The van der Waals surface area contributed by atoms with E-state index < -0.39 is 11.9 Å². The summed E-state index contributed by atoms with van der Waals surface area (Å²) < 4.78 is 10.0. The van der Waals surface area contributed by atoms with E-state index in [1.54, 1.807) is 24.3 Å². The Balaban J connectivity index is 2.63. The van der Waals surface area contributed by atoms with Crippen molar-refractivity contribution in [2.24, 2.45) is 5.92 Å². The quantitative estimate of drug-likeness (QED) is 0.561. The number of aliphatic hydroxyl groups excluding tert-OH is 1. The Morgan fingerprint density at radius 2 is 1.77 bits per heavy atom. The maximum atomic E-state index is 12.2. The fourth-order valence-corrected chi connectivity index (χ4v) is 2.17. The summed E-state index contributed by atoms with van der Waals surface area (Å²) in [7, 11) is 1.28. The second kappa shape index (κ2) is 9.95. The number of carbonyl (C=O) groups excluding carboxylic acids is 2. The number of hydrogen-bond acceptors (Lipinski definition) is 5. The molecule has 0 saturated heterocycles. The number of carbonyl (C=O) groups is 2. The molecule has 1 atom stereocenters. The molecule has 122 valence electrons. The van der Waals surface area contributed by atoms with Gasteiger partial charge in [0, 0.05) is 6.61 Å². The lowest BCUT2D eigenvalue weighted by Crippen LogP contribution is -2.17. The average molecular weight is 308 g/mol. The topological polar surface area (TPSA) is 72.8 Å². The molecule has 0 aromatic heterocycles. The van der Waals surface area contributed by atoms with Crippen LogP contribution in [0.3, 0.4) is 0 Å². The summed E-state index contributed by atoms with van der Waals surface area (Å²) in [5.74, 6) is -0.801. The Morgan fingerprint density at radius 3 is 2.32 bits per heavy atom. The van der Waals surface area contributed by atoms with E-state index in [4.69, 9.17) is 9.84 Å². The van der Waals surface area contributed by atoms with Crippen molar-refractivity contribution in [1.29, 1.82) is 0 Å². The van der Waals surface area contributed by atoms with Crippen molar-refractivity contribution in [1.82, 2.24) is 0 Å². The molecule has 1 N–H and O–H groups in total. The van der Waals surface area contributed by atoms with Gasteiger partial charge in [-0.15, -0.1) is 0 Å². The molecule has 0 heterocycles. The third kappa shape index (κ3) is 5.48. The first kappa shape index (κ1) is 18.2. The van der Waals surface area contributed by atoms with E-state index >= 15 is 0 Å². The number of hydrogen-bond donors (Lipinski definition) is 1. The monoisotopic (exact) mass is 308 g/mol. The van der Waals surface area contributed by atoms with Gasteiger partial charge in [0.25, 0.3) is 0 Å². The van der Waals surface area contributed by atoms with E-state index in [2.05, 4.69) is 4.74 Å². The van der Waals surface area contributed by atoms with Crippen molar-refractivity contribution in [3.63, 3.8) is 0 Å². The van der Waals surface area contributed by atoms with E-state index in [0.29, 0.717) is 6.61 Å². The van der Waals surface area contributed by atoms with Gasteiger partial charge in [-0.05, 0) is 30.9 Å². The number of benzene rings is 1. The fraction of sp³-hybridized carbons (Fsp3) is 0.529. The van der Waals surface area contributed by atoms with Crippen molar-refractivity contribution in [3.05, 3.63) is 35.4 Å². The van der Waals surface area contributed by atoms with Crippen molar-refractivity contribution in [3.8, 4) is 0 Å². The molecular formula is C17H24O5. The second-order valence-corrected chi connectivity index (χ2v) is 5.13. The summed E-state index contributed by atoms with van der Waals surface area (Å²) in [5, 5.41) is 8.80. The molecule has 0 bridgehead atoms. The molecule has 0 amide bonds. The van der Waals surface area contributed by atoms with Crippen LogP contribution in [0.1, 0.15) is 53.3 Å². The van der Waals surface area contributed by atoms with Crippen molar-refractivity contribution < 1.29 is 24.2 Å². The molecule has 0 spiro atoms. The van der Waals surface area contributed by atoms with E-state index in [9.17, 15) is 9.59 Å². The molecule has 22 heavy (non-hydrogen) atoms. The Kier molecular flexibility index (Phi) is 8.22. The normalized spacial score (nSPS) is 11.8. The molecule has 0 aliphatic rings. The highest BCUT2D eigenvalue weighted by Crippen LogP contribution is 2.16. The van der Waals surface area contributed by atoms with Crippen molar-refractivity contribution >= 4 is 11.9 Å². The Morgan fingerprint density at radius 1 is 1.14 bits per heavy atom. The predicted octanol–water partition coefficient (Wildman–Crippen LogP) is 2.82. The highest BCUT2D eigenvalue weighted by molar-refractivity contribution is 6.03. The Hall–Kier alpha value is -1.88. The van der Waals surface area contributed by atoms with Crippen LogP contribution in [0.2, 0.25) is 0 Å². The third-order valence-corrected chi connectivity index (χ3v) is 3.60. The molecule has 1 aromatic carbocycles. The van der Waals surface area contributed by atoms with Gasteiger partial charge in [0.1, 0.15) is 0 Å². The van der Waals surface area contributed by atoms with Gasteiger partial charge in [-0.25, -0.2) is 9.59 Å². The molecule has 1 unspecified atom stereocenters. The van der Waals surface area contributed by atoms with Crippen LogP contribution >= 0.6 is 0 Å². The lowest BCUT2D eigenvalue weighted by Gasteiger charge is -2.15. The van der Waals surface area contributed by atoms with Crippen LogP contribution in [0, 0.1) is 5.92 Å². The van der Waals surface area contributed by atoms with Crippen LogP contribution in [0.25, 0.3) is 0 Å². The molecule has 5 heteroatoms. The zero-order valence-corrected chi connectivity index (χ0v) is 13.2. The summed E-state index contributed by atoms with van der Waals surface area (Å²) in [5.41, 5.74) is 0.433. The van der Waals surface area contributed by atoms with Gasteiger partial charge in [-0.3, -0.25) is 0 Å². The highest BCUT2D eigenvalue weighted by Gasteiger charge is 2.19. The third-order valence-electron chi connectivity index (χ3n) is 3.60. The number of esters is 2. The van der Waals surface area contributed by atoms with E-state index in [1.165, 1.54) is 7.11 Å². The molecule has 1 rings (SSSR count). The van der Waals surface area contributed by atoms with Crippen LogP contribution in [-0.2, 0) is 9.47 Å². The van der Waals surface area contributed by atoms with E-state index in [0.717, 1.165) is 25.7 Å². The largest absolute Gasteiger partial charge is 0.465 e. The molecule has 0 saturated carbocycles. The summed E-state index contributed by atoms with van der Waals surface area (Å²) in [4.78, 5) is 23.8. The van der Waals surface area contributed by atoms with Crippen LogP contribution in [-0.4, -0.2) is 37.4 Å². The Labute approximate surface area is 131 Å². The molecule has 0 aliphatic carbocycles. The standard InChI is InChI=1S/C17H24O5/c1-3-13(8-6-7-11-18)12-22-17(20)15-10-5-4-9-14(15)16(19)21-2/h4-5,9-10,13,18H,3,6-8,11-12H2,1-2H3. The van der Waals surface area contributed by atoms with Gasteiger partial charge in [-0.1, -0.05) is 31.9 Å². The zero-order valence-electron chi connectivity index (χ0n) is 13.2. The summed E-state index contributed by atoms with van der Waals surface area (Å²) >= 11 is 0. The smallest absolute Gasteiger partial charge is 0.339 e. The van der Waals surface area contributed by atoms with Gasteiger partial charge in [0.2, 0.25) is 0 Å². The van der Waals surface area contributed by atoms with E-state index in [-0.39, 0.29) is 23.7 Å². The van der Waals surface area contributed by atoms with Crippen molar-refractivity contribution in [2.75, 3.05) is 20.3 Å². The van der Waals surface area contributed by atoms with Crippen LogP contribution in [0.15, 0.2) is 24.3 Å². The van der Waals surface area contributed by atoms with E-state index in [1.807, 2.05) is 6.92 Å². The predicted molar refractivity (Wildman–Crippen MR) is 82.8 cm³/mol. The first-order valence-corrected chi connectivity index (χ1v) is 7.59. The number of unbranched alkanes of at least 4 members (excludes halogenated alkanes) is 1. The number of methoxy groups -OCH3 is 1. The van der Waals surface area contributed by atoms with Gasteiger partial charge in [0.15, 0.2) is 0 Å². The average Bonchev–Trinajstić information content (AvgIpc) is 2.57. The number of rotatable bonds is 9. The van der Waals surface area contributed by atoms with Crippen LogP contribution in [0.4, 0.5) is 0 Å². The van der Waals surface area contributed by atoms with Crippen LogP contribution in [0.5, 0.6) is 0 Å². The van der Waals surface area contributed by atoms with Gasteiger partial charge in [0.05, 0.1) is 24.8 Å². The molecule has 1 aromatic rings. The zero-order chi connectivity index (χ0) is 16.4. The first-order valence-electron chi connectivity index (χ1n) is 7.59. The van der Waals surface area contributed by atoms with Gasteiger partial charge >= 0.3 is 11.9 Å². The molecule has 0 radical (unpaired) electrons. The lowest BCUT2D eigenvalue weighted by molar-refractivity contribution is 0.0415. The maximum absolute atomic E-state index is 12.2. The first-order chi connectivity index (χ1) is 10.6. The van der Waals surface area contributed by atoms with Crippen LogP contribution < -0.4 is 0 Å². The summed E-state index contributed by atoms with van der Waals surface area (Å²) in [6.07, 6.45) is 3.47. The minimum absolute atomic E-state index is 0.183. The fourth-order valence-electron chi connectivity index (χ4n) is 2.17. The molecule has 0 aliphatic heterocycles. The Bertz CT molecular complexity index is 484. The number of ether oxygens (including phenoxy) is 2. The minimum atomic E-state index is -0.553. The summed E-state index contributed by atoms with van der Waals surface area (Å²) in [6, 6.07) is 6.45.